The summed E-state index contributed by atoms with van der Waals surface area (Å²) < 4.78 is 5.55. The van der Waals surface area contributed by atoms with Gasteiger partial charge in [-0.3, -0.25) is 4.98 Å². The zero-order valence-corrected chi connectivity index (χ0v) is 16.9. The summed E-state index contributed by atoms with van der Waals surface area (Å²) in [7, 11) is 1.77. The average Bonchev–Trinajstić information content (AvgIpc) is 2.68. The first-order chi connectivity index (χ1) is 13.1. The minimum Gasteiger partial charge on any atom is -0.496 e. The molecule has 0 spiro atoms. The maximum atomic E-state index is 5.55. The van der Waals surface area contributed by atoms with Crippen molar-refractivity contribution in [2.45, 2.75) is 58.3 Å². The van der Waals surface area contributed by atoms with E-state index in [0.29, 0.717) is 11.8 Å². The van der Waals surface area contributed by atoms with Crippen molar-refractivity contribution in [3.05, 3.63) is 70.4 Å². The summed E-state index contributed by atoms with van der Waals surface area (Å²) in [5.74, 6) is 2.13. The van der Waals surface area contributed by atoms with Crippen molar-refractivity contribution in [2.24, 2.45) is 0 Å². The maximum absolute atomic E-state index is 5.55. The van der Waals surface area contributed by atoms with Gasteiger partial charge in [0.25, 0.3) is 0 Å². The van der Waals surface area contributed by atoms with Crippen LogP contribution >= 0.6 is 0 Å². The number of fused-ring (bicyclic) bond motifs is 2. The summed E-state index contributed by atoms with van der Waals surface area (Å²) in [4.78, 5) is 4.72. The van der Waals surface area contributed by atoms with Crippen LogP contribution in [0.25, 0.3) is 10.9 Å². The van der Waals surface area contributed by atoms with E-state index in [4.69, 9.17) is 9.72 Å². The Morgan fingerprint density at radius 3 is 2.81 bits per heavy atom. The number of pyridine rings is 1. The molecule has 1 aliphatic carbocycles. The minimum atomic E-state index is 0.488. The normalized spacial score (nSPS) is 17.6. The van der Waals surface area contributed by atoms with Gasteiger partial charge < -0.3 is 4.74 Å². The number of hydrogen-bond donors (Lipinski definition) is 0. The first kappa shape index (κ1) is 18.0. The Bertz CT molecular complexity index is 975. The van der Waals surface area contributed by atoms with Crippen molar-refractivity contribution in [3.63, 3.8) is 0 Å². The number of benzene rings is 2. The van der Waals surface area contributed by atoms with E-state index in [-0.39, 0.29) is 0 Å². The van der Waals surface area contributed by atoms with Crippen LogP contribution in [0, 0.1) is 13.8 Å². The predicted molar refractivity (Wildman–Crippen MR) is 113 cm³/mol. The molecule has 2 heteroatoms. The third-order valence-corrected chi connectivity index (χ3v) is 6.39. The van der Waals surface area contributed by atoms with Crippen molar-refractivity contribution < 1.29 is 4.74 Å². The van der Waals surface area contributed by atoms with Crippen LogP contribution in [0.4, 0.5) is 0 Å². The second-order valence-corrected chi connectivity index (χ2v) is 8.06. The van der Waals surface area contributed by atoms with Crippen LogP contribution in [0.1, 0.15) is 65.8 Å². The van der Waals surface area contributed by atoms with E-state index in [2.05, 4.69) is 51.1 Å². The largest absolute Gasteiger partial charge is 0.496 e. The number of hydrogen-bond acceptors (Lipinski definition) is 2. The van der Waals surface area contributed by atoms with E-state index in [9.17, 15) is 0 Å². The molecule has 0 saturated carbocycles. The monoisotopic (exact) mass is 359 g/mol. The highest BCUT2D eigenvalue weighted by molar-refractivity contribution is 5.83. The number of rotatable bonds is 4. The SMILES string of the molecule is COc1ccc2c(c1C)CCCC2CC(C)c1c(C)ccc2cccnc12. The third kappa shape index (κ3) is 3.22. The summed E-state index contributed by atoms with van der Waals surface area (Å²) in [6.07, 6.45) is 6.82. The smallest absolute Gasteiger partial charge is 0.122 e. The lowest BCUT2D eigenvalue weighted by molar-refractivity contribution is 0.408. The van der Waals surface area contributed by atoms with Crippen LogP contribution in [0.5, 0.6) is 5.75 Å². The molecule has 2 aromatic carbocycles. The van der Waals surface area contributed by atoms with Crippen LogP contribution in [0.2, 0.25) is 0 Å². The fourth-order valence-electron chi connectivity index (χ4n) is 5.05. The maximum Gasteiger partial charge on any atom is 0.122 e. The second-order valence-electron chi connectivity index (χ2n) is 8.06. The van der Waals surface area contributed by atoms with E-state index < -0.39 is 0 Å². The first-order valence-electron chi connectivity index (χ1n) is 10.1. The number of ether oxygens (including phenoxy) is 1. The first-order valence-corrected chi connectivity index (χ1v) is 10.1. The molecule has 27 heavy (non-hydrogen) atoms. The van der Waals surface area contributed by atoms with E-state index in [1.54, 1.807) is 7.11 Å². The molecule has 0 amide bonds. The molecule has 140 valence electrons. The van der Waals surface area contributed by atoms with Gasteiger partial charge in [0.2, 0.25) is 0 Å². The van der Waals surface area contributed by atoms with Crippen LogP contribution in [-0.4, -0.2) is 12.1 Å². The minimum absolute atomic E-state index is 0.488. The van der Waals surface area contributed by atoms with Crippen LogP contribution in [-0.2, 0) is 6.42 Å². The summed E-state index contributed by atoms with van der Waals surface area (Å²) in [6.45, 7) is 6.81. The van der Waals surface area contributed by atoms with Crippen molar-refractivity contribution in [1.29, 1.82) is 0 Å². The Hall–Kier alpha value is -2.35. The highest BCUT2D eigenvalue weighted by Gasteiger charge is 2.26. The molecule has 0 aliphatic heterocycles. The van der Waals surface area contributed by atoms with Gasteiger partial charge in [-0.2, -0.15) is 0 Å². The number of nitrogens with zero attached hydrogens (tertiary/aromatic N) is 1. The lowest BCUT2D eigenvalue weighted by atomic mass is 9.75. The van der Waals surface area contributed by atoms with Gasteiger partial charge in [-0.15, -0.1) is 0 Å². The van der Waals surface area contributed by atoms with Gasteiger partial charge in [-0.05, 0) is 91.3 Å². The van der Waals surface area contributed by atoms with E-state index in [1.165, 1.54) is 64.4 Å². The fraction of sp³-hybridized carbons (Fsp3) is 0.400. The second kappa shape index (κ2) is 7.34. The summed E-state index contributed by atoms with van der Waals surface area (Å²) in [5.41, 5.74) is 8.34. The van der Waals surface area contributed by atoms with Crippen LogP contribution in [0.15, 0.2) is 42.6 Å². The Labute approximate surface area is 162 Å². The van der Waals surface area contributed by atoms with Gasteiger partial charge in [-0.25, -0.2) is 0 Å². The molecule has 0 radical (unpaired) electrons. The molecule has 0 fully saturated rings. The van der Waals surface area contributed by atoms with Gasteiger partial charge in [0.15, 0.2) is 0 Å². The molecule has 1 aliphatic rings. The molecule has 2 atom stereocenters. The summed E-state index contributed by atoms with van der Waals surface area (Å²) in [6, 6.07) is 13.1. The number of methoxy groups -OCH3 is 1. The highest BCUT2D eigenvalue weighted by Crippen LogP contribution is 2.42. The molecule has 0 saturated heterocycles. The van der Waals surface area contributed by atoms with E-state index in [1.807, 2.05) is 12.3 Å². The molecule has 2 nitrogen and oxygen atoms in total. The Kier molecular flexibility index (Phi) is 4.90. The molecule has 1 aromatic heterocycles. The van der Waals surface area contributed by atoms with Crippen molar-refractivity contribution in [3.8, 4) is 5.75 Å². The van der Waals surface area contributed by atoms with Gasteiger partial charge in [0.1, 0.15) is 5.75 Å². The van der Waals surface area contributed by atoms with Crippen molar-refractivity contribution in [2.75, 3.05) is 7.11 Å². The number of aryl methyl sites for hydroxylation is 1. The molecule has 0 bridgehead atoms. The lowest BCUT2D eigenvalue weighted by Crippen LogP contribution is -2.14. The molecular formula is C25H29NO. The Balaban J connectivity index is 1.69. The van der Waals surface area contributed by atoms with Crippen LogP contribution in [0.3, 0.4) is 0 Å². The standard InChI is InChI=1S/C25H29NO/c1-16-10-11-19-8-6-14-26-25(19)24(16)17(2)15-20-7-5-9-21-18(3)23(27-4)13-12-22(20)21/h6,8,10-14,17,20H,5,7,9,15H2,1-4H3. The zero-order valence-electron chi connectivity index (χ0n) is 16.9. The van der Waals surface area contributed by atoms with Gasteiger partial charge >= 0.3 is 0 Å². The Morgan fingerprint density at radius 1 is 1.15 bits per heavy atom. The van der Waals surface area contributed by atoms with Gasteiger partial charge in [-0.1, -0.05) is 31.2 Å². The van der Waals surface area contributed by atoms with Crippen LogP contribution < -0.4 is 4.74 Å². The van der Waals surface area contributed by atoms with Gasteiger partial charge in [0.05, 0.1) is 12.6 Å². The van der Waals surface area contributed by atoms with E-state index in [0.717, 1.165) is 5.75 Å². The molecular weight excluding hydrogens is 330 g/mol. The quantitative estimate of drug-likeness (QED) is 0.532. The lowest BCUT2D eigenvalue weighted by Gasteiger charge is -2.30. The molecule has 3 aromatic rings. The molecule has 2 unspecified atom stereocenters. The fourth-order valence-corrected chi connectivity index (χ4v) is 5.05. The summed E-state index contributed by atoms with van der Waals surface area (Å²) >= 11 is 0. The zero-order chi connectivity index (χ0) is 19.0. The molecule has 1 heterocycles. The molecule has 4 rings (SSSR count). The topological polar surface area (TPSA) is 22.1 Å². The summed E-state index contributed by atoms with van der Waals surface area (Å²) in [5, 5.41) is 1.24. The average molecular weight is 360 g/mol. The van der Waals surface area contributed by atoms with E-state index >= 15 is 0 Å². The third-order valence-electron chi connectivity index (χ3n) is 6.39. The van der Waals surface area contributed by atoms with Crippen molar-refractivity contribution >= 4 is 10.9 Å². The van der Waals surface area contributed by atoms with Gasteiger partial charge in [0, 0.05) is 11.6 Å². The Morgan fingerprint density at radius 2 is 2.00 bits per heavy atom. The highest BCUT2D eigenvalue weighted by atomic mass is 16.5. The van der Waals surface area contributed by atoms with Crippen molar-refractivity contribution in [1.82, 2.24) is 4.98 Å². The number of aromatic nitrogens is 1. The predicted octanol–water partition coefficient (Wildman–Crippen LogP) is 6.47. The molecule has 0 N–H and O–H groups in total.